The van der Waals surface area contributed by atoms with Crippen molar-refractivity contribution in [1.29, 1.82) is 0 Å². The number of carbonyl (C=O) groups excluding carboxylic acids is 4. The van der Waals surface area contributed by atoms with Gasteiger partial charge in [0.2, 0.25) is 0 Å². The van der Waals surface area contributed by atoms with Crippen LogP contribution in [0.15, 0.2) is 0 Å². The molecule has 540 valence electrons. The van der Waals surface area contributed by atoms with Crippen molar-refractivity contribution < 1.29 is 80.2 Å². The molecule has 7 atom stereocenters. The van der Waals surface area contributed by atoms with Crippen molar-refractivity contribution in [1.82, 2.24) is 0 Å². The van der Waals surface area contributed by atoms with Crippen molar-refractivity contribution in [3.63, 3.8) is 0 Å². The third-order valence-corrected chi connectivity index (χ3v) is 19.3. The largest absolute Gasteiger partial charge is 0.472 e. The third kappa shape index (κ3) is 63.9. The van der Waals surface area contributed by atoms with Gasteiger partial charge in [0.25, 0.3) is 0 Å². The second kappa shape index (κ2) is 62.8. The number of ether oxygens (including phenoxy) is 4. The van der Waals surface area contributed by atoms with Crippen LogP contribution in [0.3, 0.4) is 0 Å². The van der Waals surface area contributed by atoms with E-state index in [1.165, 1.54) is 167 Å². The minimum atomic E-state index is -4.95. The molecular weight excluding hydrogens is 1200 g/mol. The Labute approximate surface area is 556 Å². The molecule has 91 heavy (non-hydrogen) atoms. The third-order valence-electron chi connectivity index (χ3n) is 17.4. The molecule has 4 unspecified atom stereocenters. The van der Waals surface area contributed by atoms with Gasteiger partial charge in [0.1, 0.15) is 19.3 Å². The van der Waals surface area contributed by atoms with Gasteiger partial charge in [0, 0.05) is 25.7 Å². The number of esters is 4. The molecule has 0 aromatic carbocycles. The number of phosphoric ester groups is 2. The topological polar surface area (TPSA) is 237 Å². The van der Waals surface area contributed by atoms with Gasteiger partial charge in [0.05, 0.1) is 26.4 Å². The zero-order valence-corrected chi connectivity index (χ0v) is 61.1. The summed E-state index contributed by atoms with van der Waals surface area (Å²) < 4.78 is 68.3. The lowest BCUT2D eigenvalue weighted by Crippen LogP contribution is -2.30. The fraction of sp³-hybridized carbons (Fsp3) is 0.944. The Bertz CT molecular complexity index is 1790. The first kappa shape index (κ1) is 89.1. The van der Waals surface area contributed by atoms with Crippen LogP contribution in [0, 0.1) is 17.8 Å². The Morgan fingerprint density at radius 3 is 0.835 bits per heavy atom. The highest BCUT2D eigenvalue weighted by Crippen LogP contribution is 2.45. The van der Waals surface area contributed by atoms with Crippen molar-refractivity contribution >= 4 is 39.5 Å². The molecule has 0 aliphatic heterocycles. The number of unbranched alkanes of at least 4 members (excludes halogenated alkanes) is 36. The molecule has 3 N–H and O–H groups in total. The van der Waals surface area contributed by atoms with E-state index in [1.54, 1.807) is 0 Å². The zero-order valence-electron chi connectivity index (χ0n) is 59.3. The van der Waals surface area contributed by atoms with Crippen LogP contribution in [-0.4, -0.2) is 96.7 Å². The Morgan fingerprint density at radius 2 is 0.560 bits per heavy atom. The van der Waals surface area contributed by atoms with Gasteiger partial charge in [-0.15, -0.1) is 0 Å². The van der Waals surface area contributed by atoms with Gasteiger partial charge in [-0.25, -0.2) is 9.13 Å². The summed E-state index contributed by atoms with van der Waals surface area (Å²) in [5, 5.41) is 10.6. The standard InChI is InChI=1S/C72H140O17P2/c1-8-11-12-13-14-15-16-17-18-19-20-21-22-23-24-32-41-48-55-71(76)88-67(59-82-69(74)53-46-39-31-27-25-29-37-44-51-64(6)9-2)61-86-90(78,79)84-57-66(73)58-85-91(80,81)87-62-68(60-83-70(75)54-47-40-35-34-36-43-50-63(4)5)89-72(77)56-49-42-33-28-26-30-38-45-52-65(7)10-3/h63-68,73H,8-62H2,1-7H3,(H,78,79)(H,80,81)/t64?,65?,66-,67-,68-/m1/s1. The maximum Gasteiger partial charge on any atom is 0.472 e. The van der Waals surface area contributed by atoms with Crippen LogP contribution in [0.25, 0.3) is 0 Å². The fourth-order valence-corrected chi connectivity index (χ4v) is 12.4. The predicted molar refractivity (Wildman–Crippen MR) is 368 cm³/mol. The monoisotopic (exact) mass is 1340 g/mol. The summed E-state index contributed by atoms with van der Waals surface area (Å²) in [5.41, 5.74) is 0. The molecule has 0 rings (SSSR count). The molecule has 0 amide bonds. The van der Waals surface area contributed by atoms with Gasteiger partial charge in [-0.1, -0.05) is 312 Å². The molecular formula is C72H140O17P2. The number of carbonyl (C=O) groups is 4. The molecule has 0 heterocycles. The molecule has 0 aliphatic rings. The van der Waals surface area contributed by atoms with Gasteiger partial charge >= 0.3 is 39.5 Å². The van der Waals surface area contributed by atoms with Crippen LogP contribution in [0.4, 0.5) is 0 Å². The second-order valence-corrected chi connectivity index (χ2v) is 29.8. The number of hydrogen-bond acceptors (Lipinski definition) is 15. The van der Waals surface area contributed by atoms with Gasteiger partial charge in [-0.2, -0.15) is 0 Å². The van der Waals surface area contributed by atoms with Gasteiger partial charge in [-0.05, 0) is 43.4 Å². The molecule has 0 saturated carbocycles. The lowest BCUT2D eigenvalue weighted by molar-refractivity contribution is -0.161. The highest BCUT2D eigenvalue weighted by molar-refractivity contribution is 7.47. The highest BCUT2D eigenvalue weighted by atomic mass is 31.2. The minimum Gasteiger partial charge on any atom is -0.462 e. The van der Waals surface area contributed by atoms with Gasteiger partial charge in [0.15, 0.2) is 12.2 Å². The first-order chi connectivity index (χ1) is 43.8. The van der Waals surface area contributed by atoms with E-state index in [9.17, 15) is 43.2 Å². The van der Waals surface area contributed by atoms with Crippen LogP contribution in [0.2, 0.25) is 0 Å². The van der Waals surface area contributed by atoms with Crippen molar-refractivity contribution in [3.8, 4) is 0 Å². The van der Waals surface area contributed by atoms with Crippen LogP contribution >= 0.6 is 15.6 Å². The van der Waals surface area contributed by atoms with E-state index in [-0.39, 0.29) is 25.7 Å². The van der Waals surface area contributed by atoms with E-state index in [0.29, 0.717) is 31.6 Å². The molecule has 0 aliphatic carbocycles. The van der Waals surface area contributed by atoms with Gasteiger partial charge < -0.3 is 33.8 Å². The summed E-state index contributed by atoms with van der Waals surface area (Å²) in [4.78, 5) is 72.6. The van der Waals surface area contributed by atoms with Gasteiger partial charge in [-0.3, -0.25) is 37.3 Å². The fourth-order valence-electron chi connectivity index (χ4n) is 10.8. The minimum absolute atomic E-state index is 0.104. The summed E-state index contributed by atoms with van der Waals surface area (Å²) in [5.74, 6) is 0.0990. The second-order valence-electron chi connectivity index (χ2n) is 26.9. The molecule has 0 spiro atoms. The van der Waals surface area contributed by atoms with E-state index in [1.807, 2.05) is 0 Å². The highest BCUT2D eigenvalue weighted by Gasteiger charge is 2.30. The average molecular weight is 1340 g/mol. The smallest absolute Gasteiger partial charge is 0.462 e. The molecule has 0 bridgehead atoms. The van der Waals surface area contributed by atoms with E-state index in [0.717, 1.165) is 108 Å². The van der Waals surface area contributed by atoms with E-state index >= 15 is 0 Å². The summed E-state index contributed by atoms with van der Waals surface area (Å²) >= 11 is 0. The van der Waals surface area contributed by atoms with E-state index in [2.05, 4.69) is 48.5 Å². The predicted octanol–water partition coefficient (Wildman–Crippen LogP) is 20.6. The maximum atomic E-state index is 13.0. The van der Waals surface area contributed by atoms with E-state index < -0.39 is 97.5 Å². The summed E-state index contributed by atoms with van der Waals surface area (Å²) in [6.45, 7) is 11.8. The molecule has 0 saturated heterocycles. The first-order valence-corrected chi connectivity index (χ1v) is 40.4. The van der Waals surface area contributed by atoms with Crippen LogP contribution < -0.4 is 0 Å². The number of aliphatic hydroxyl groups excluding tert-OH is 1. The Kier molecular flexibility index (Phi) is 61.5. The Hall–Kier alpha value is -1.94. The lowest BCUT2D eigenvalue weighted by Gasteiger charge is -2.21. The zero-order chi connectivity index (χ0) is 67.3. The molecule has 0 aromatic heterocycles. The Morgan fingerprint density at radius 1 is 0.319 bits per heavy atom. The Balaban J connectivity index is 5.23. The number of aliphatic hydroxyl groups is 1. The summed E-state index contributed by atoms with van der Waals surface area (Å²) in [6, 6.07) is 0. The van der Waals surface area contributed by atoms with Crippen molar-refractivity contribution in [2.75, 3.05) is 39.6 Å². The van der Waals surface area contributed by atoms with Crippen LogP contribution in [0.5, 0.6) is 0 Å². The summed E-state index contributed by atoms with van der Waals surface area (Å²) in [7, 11) is -9.90. The normalized spacial score (nSPS) is 14.8. The molecule has 17 nitrogen and oxygen atoms in total. The van der Waals surface area contributed by atoms with Crippen molar-refractivity contribution in [3.05, 3.63) is 0 Å². The first-order valence-electron chi connectivity index (χ1n) is 37.4. The lowest BCUT2D eigenvalue weighted by atomic mass is 9.99. The molecule has 0 fully saturated rings. The SMILES string of the molecule is CCCCCCCCCCCCCCCCCCCCC(=O)O[C@H](COC(=O)CCCCCCCCCCC(C)CC)COP(=O)(O)OC[C@@H](O)COP(=O)(O)OC[C@@H](COC(=O)CCCCCCCCC(C)C)OC(=O)CCCCCCCCCCC(C)CC. The number of rotatable bonds is 70. The van der Waals surface area contributed by atoms with Crippen LogP contribution in [-0.2, 0) is 65.4 Å². The van der Waals surface area contributed by atoms with Crippen molar-refractivity contribution in [2.45, 2.75) is 381 Å². The number of hydrogen-bond donors (Lipinski definition) is 3. The maximum absolute atomic E-state index is 13.0. The molecule has 0 aromatic rings. The number of phosphoric acid groups is 2. The summed E-state index contributed by atoms with van der Waals surface area (Å²) in [6.07, 6.45) is 47.3. The van der Waals surface area contributed by atoms with Crippen LogP contribution in [0.1, 0.15) is 363 Å². The quantitative estimate of drug-likeness (QED) is 0.0222. The van der Waals surface area contributed by atoms with E-state index in [4.69, 9.17) is 37.0 Å². The van der Waals surface area contributed by atoms with Crippen molar-refractivity contribution in [2.24, 2.45) is 17.8 Å². The average Bonchev–Trinajstić information content (AvgIpc) is 3.65. The molecule has 19 heteroatoms. The molecule has 0 radical (unpaired) electrons.